The van der Waals surface area contributed by atoms with Gasteiger partial charge in [-0.05, 0) is 50.3 Å². The molecule has 2 aliphatic rings. The van der Waals surface area contributed by atoms with E-state index in [0.717, 1.165) is 51.1 Å². The number of ether oxygens (including phenoxy) is 2. The smallest absolute Gasteiger partial charge is 0.250 e. The zero-order valence-corrected chi connectivity index (χ0v) is 13.9. The first-order chi connectivity index (χ1) is 11.7. The Morgan fingerprint density at radius 2 is 2.12 bits per heavy atom. The molecule has 0 radical (unpaired) electrons. The number of rotatable bonds is 6. The van der Waals surface area contributed by atoms with E-state index in [1.54, 1.807) is 6.07 Å². The number of carbonyl (C=O) groups is 1. The molecule has 0 unspecified atom stereocenters. The Balaban J connectivity index is 1.56. The van der Waals surface area contributed by atoms with Crippen LogP contribution in [0.3, 0.4) is 0 Å². The summed E-state index contributed by atoms with van der Waals surface area (Å²) >= 11 is 0. The Morgan fingerprint density at radius 1 is 1.29 bits per heavy atom. The third-order valence-electron chi connectivity index (χ3n) is 4.49. The molecule has 1 aromatic rings. The summed E-state index contributed by atoms with van der Waals surface area (Å²) in [5.41, 5.74) is 1.39. The van der Waals surface area contributed by atoms with E-state index in [9.17, 15) is 9.18 Å². The van der Waals surface area contributed by atoms with Crippen LogP contribution in [0, 0.1) is 5.82 Å². The fourth-order valence-electron chi connectivity index (χ4n) is 3.26. The van der Waals surface area contributed by atoms with Crippen molar-refractivity contribution in [2.45, 2.75) is 38.2 Å². The van der Waals surface area contributed by atoms with E-state index in [1.165, 1.54) is 18.6 Å². The third kappa shape index (κ3) is 4.68. The minimum atomic E-state index is -0.355. The molecule has 0 aliphatic carbocycles. The normalized spacial score (nSPS) is 21.0. The molecule has 2 aliphatic heterocycles. The van der Waals surface area contributed by atoms with Crippen LogP contribution >= 0.6 is 0 Å². The summed E-state index contributed by atoms with van der Waals surface area (Å²) in [6, 6.07) is 4.55. The van der Waals surface area contributed by atoms with E-state index in [4.69, 9.17) is 9.47 Å². The average molecular weight is 336 g/mol. The van der Waals surface area contributed by atoms with Crippen molar-refractivity contribution >= 4 is 17.3 Å². The van der Waals surface area contributed by atoms with E-state index in [2.05, 4.69) is 10.2 Å². The zero-order valence-electron chi connectivity index (χ0n) is 13.9. The number of hydrogen-bond donors (Lipinski definition) is 1. The van der Waals surface area contributed by atoms with Crippen molar-refractivity contribution in [3.8, 4) is 0 Å². The van der Waals surface area contributed by atoms with Gasteiger partial charge >= 0.3 is 0 Å². The van der Waals surface area contributed by atoms with Gasteiger partial charge in [-0.2, -0.15) is 0 Å². The van der Waals surface area contributed by atoms with E-state index in [0.29, 0.717) is 12.3 Å². The number of hydrogen-bond acceptors (Lipinski definition) is 4. The number of nitrogens with zero attached hydrogens (tertiary/aromatic N) is 1. The molecule has 6 heteroatoms. The summed E-state index contributed by atoms with van der Waals surface area (Å²) in [6.07, 6.45) is 5.57. The molecule has 2 heterocycles. The number of benzene rings is 1. The number of amides is 1. The quantitative estimate of drug-likeness (QED) is 0.868. The molecule has 1 aromatic carbocycles. The minimum absolute atomic E-state index is 0.0458. The molecule has 3 rings (SSSR count). The van der Waals surface area contributed by atoms with E-state index < -0.39 is 0 Å². The molecule has 2 saturated heterocycles. The lowest BCUT2D eigenvalue weighted by molar-refractivity contribution is -0.121. The molecule has 5 nitrogen and oxygen atoms in total. The van der Waals surface area contributed by atoms with Crippen LogP contribution in [0.1, 0.15) is 32.1 Å². The number of carbonyl (C=O) groups excluding carboxylic acids is 1. The van der Waals surface area contributed by atoms with Crippen LogP contribution in [0.15, 0.2) is 18.2 Å². The molecular formula is C18H25FN2O3. The Morgan fingerprint density at radius 3 is 2.88 bits per heavy atom. The number of piperidine rings is 1. The predicted octanol–water partition coefficient (Wildman–Crippen LogP) is 2.95. The van der Waals surface area contributed by atoms with Gasteiger partial charge in [0.05, 0.1) is 24.1 Å². The molecule has 1 amide bonds. The van der Waals surface area contributed by atoms with Crippen LogP contribution in [-0.4, -0.2) is 44.9 Å². The summed E-state index contributed by atoms with van der Waals surface area (Å²) < 4.78 is 24.5. The molecule has 24 heavy (non-hydrogen) atoms. The van der Waals surface area contributed by atoms with Gasteiger partial charge in [0.1, 0.15) is 12.4 Å². The number of anilines is 2. The Hall–Kier alpha value is -1.66. The molecule has 2 fully saturated rings. The lowest BCUT2D eigenvalue weighted by atomic mass is 10.1. The van der Waals surface area contributed by atoms with Gasteiger partial charge in [-0.25, -0.2) is 4.39 Å². The van der Waals surface area contributed by atoms with E-state index >= 15 is 0 Å². The molecule has 0 bridgehead atoms. The van der Waals surface area contributed by atoms with Crippen molar-refractivity contribution in [3.05, 3.63) is 24.0 Å². The highest BCUT2D eigenvalue weighted by Gasteiger charge is 2.18. The largest absolute Gasteiger partial charge is 0.376 e. The van der Waals surface area contributed by atoms with Crippen LogP contribution in [0.4, 0.5) is 15.8 Å². The topological polar surface area (TPSA) is 50.8 Å². The van der Waals surface area contributed by atoms with Gasteiger partial charge in [-0.3, -0.25) is 4.79 Å². The fourth-order valence-corrected chi connectivity index (χ4v) is 3.26. The lowest BCUT2D eigenvalue weighted by Gasteiger charge is -2.30. The third-order valence-corrected chi connectivity index (χ3v) is 4.49. The van der Waals surface area contributed by atoms with E-state index in [-0.39, 0.29) is 24.4 Å². The molecule has 1 atom stereocenters. The molecule has 1 N–H and O–H groups in total. The Bertz CT molecular complexity index is 555. The summed E-state index contributed by atoms with van der Waals surface area (Å²) in [6.45, 7) is 3.02. The first-order valence-corrected chi connectivity index (χ1v) is 8.76. The SMILES string of the molecule is O=C(COC[C@H]1CCCO1)Nc1cc(F)ccc1N1CCCCC1. The van der Waals surface area contributed by atoms with E-state index in [1.807, 2.05) is 0 Å². The standard InChI is InChI=1S/C18H25FN2O3/c19-14-6-7-17(21-8-2-1-3-9-21)16(11-14)20-18(22)13-23-12-15-5-4-10-24-15/h6-7,11,15H,1-5,8-10,12-13H2,(H,20,22)/t15-/m1/s1. The van der Waals surface area contributed by atoms with Crippen LogP contribution in [0.5, 0.6) is 0 Å². The van der Waals surface area contributed by atoms with Gasteiger partial charge in [0.25, 0.3) is 0 Å². The van der Waals surface area contributed by atoms with Crippen LogP contribution in [-0.2, 0) is 14.3 Å². The summed E-state index contributed by atoms with van der Waals surface area (Å²) in [7, 11) is 0. The second kappa shape index (κ2) is 8.44. The maximum absolute atomic E-state index is 13.6. The van der Waals surface area contributed by atoms with Crippen molar-refractivity contribution in [3.63, 3.8) is 0 Å². The highest BCUT2D eigenvalue weighted by molar-refractivity contribution is 5.95. The first-order valence-electron chi connectivity index (χ1n) is 8.76. The Kier molecular flexibility index (Phi) is 6.04. The van der Waals surface area contributed by atoms with Crippen molar-refractivity contribution in [2.75, 3.05) is 43.1 Å². The fraction of sp³-hybridized carbons (Fsp3) is 0.611. The molecule has 0 spiro atoms. The summed E-state index contributed by atoms with van der Waals surface area (Å²) in [4.78, 5) is 14.3. The molecule has 0 saturated carbocycles. The molecule has 0 aromatic heterocycles. The average Bonchev–Trinajstić information content (AvgIpc) is 3.09. The summed E-state index contributed by atoms with van der Waals surface area (Å²) in [5.74, 6) is -0.622. The van der Waals surface area contributed by atoms with Gasteiger partial charge in [0, 0.05) is 19.7 Å². The zero-order chi connectivity index (χ0) is 16.8. The van der Waals surface area contributed by atoms with Gasteiger partial charge in [0.2, 0.25) is 5.91 Å². The molecular weight excluding hydrogens is 311 g/mol. The molecule has 132 valence electrons. The van der Waals surface area contributed by atoms with Crippen molar-refractivity contribution in [2.24, 2.45) is 0 Å². The van der Waals surface area contributed by atoms with Crippen LogP contribution in [0.25, 0.3) is 0 Å². The van der Waals surface area contributed by atoms with Crippen LogP contribution < -0.4 is 10.2 Å². The van der Waals surface area contributed by atoms with Crippen LogP contribution in [0.2, 0.25) is 0 Å². The highest BCUT2D eigenvalue weighted by Crippen LogP contribution is 2.29. The van der Waals surface area contributed by atoms with Gasteiger partial charge < -0.3 is 19.7 Å². The minimum Gasteiger partial charge on any atom is -0.376 e. The van der Waals surface area contributed by atoms with Crippen molar-refractivity contribution in [1.29, 1.82) is 0 Å². The van der Waals surface area contributed by atoms with Crippen molar-refractivity contribution in [1.82, 2.24) is 0 Å². The maximum atomic E-state index is 13.6. The monoisotopic (exact) mass is 336 g/mol. The Labute approximate surface area is 142 Å². The lowest BCUT2D eigenvalue weighted by Crippen LogP contribution is -2.31. The number of halogens is 1. The maximum Gasteiger partial charge on any atom is 0.250 e. The predicted molar refractivity (Wildman–Crippen MR) is 90.9 cm³/mol. The van der Waals surface area contributed by atoms with Crippen molar-refractivity contribution < 1.29 is 18.7 Å². The second-order valence-corrected chi connectivity index (χ2v) is 6.41. The van der Waals surface area contributed by atoms with Gasteiger partial charge in [-0.1, -0.05) is 0 Å². The first kappa shape index (κ1) is 17.2. The highest BCUT2D eigenvalue weighted by atomic mass is 19.1. The second-order valence-electron chi connectivity index (χ2n) is 6.41. The summed E-state index contributed by atoms with van der Waals surface area (Å²) in [5, 5.41) is 2.79. The van der Waals surface area contributed by atoms with Gasteiger partial charge in [0.15, 0.2) is 0 Å². The van der Waals surface area contributed by atoms with Gasteiger partial charge in [-0.15, -0.1) is 0 Å². The number of nitrogens with one attached hydrogen (secondary N) is 1.